The largest absolute Gasteiger partial charge is 0.465 e. The van der Waals surface area contributed by atoms with Gasteiger partial charge in [-0.05, 0) is 55.8 Å². The Morgan fingerprint density at radius 2 is 1.84 bits per heavy atom. The van der Waals surface area contributed by atoms with Gasteiger partial charge in [-0.15, -0.1) is 0 Å². The lowest BCUT2D eigenvalue weighted by atomic mass is 10.2. The second-order valence-electron chi connectivity index (χ2n) is 5.79. The van der Waals surface area contributed by atoms with Crippen LogP contribution in [0.4, 0.5) is 11.4 Å². The predicted octanol–water partition coefficient (Wildman–Crippen LogP) is 3.64. The summed E-state index contributed by atoms with van der Waals surface area (Å²) in [6.45, 7) is 5.62. The normalized spacial score (nSPS) is 10.2. The molecule has 0 saturated carbocycles. The van der Waals surface area contributed by atoms with Crippen molar-refractivity contribution >= 4 is 23.3 Å². The summed E-state index contributed by atoms with van der Waals surface area (Å²) in [7, 11) is 1.34. The zero-order valence-corrected chi connectivity index (χ0v) is 14.9. The molecule has 0 aromatic heterocycles. The Kier molecular flexibility index (Phi) is 6.57. The summed E-state index contributed by atoms with van der Waals surface area (Å²) in [5.74, 6) is -0.452. The minimum absolute atomic E-state index is 0.0584. The first-order valence-corrected chi connectivity index (χ1v) is 8.33. The van der Waals surface area contributed by atoms with Gasteiger partial charge in [-0.3, -0.25) is 4.79 Å². The standard InChI is InChI=1S/C20H24N2O3/c1-4-22(18-7-5-6-15(2)14-18)13-12-19(23)21-17-10-8-16(9-11-17)20(24)25-3/h5-11,14H,4,12-13H2,1-3H3,(H,21,23). The molecule has 5 nitrogen and oxygen atoms in total. The van der Waals surface area contributed by atoms with Crippen LogP contribution in [0.3, 0.4) is 0 Å². The molecular formula is C20H24N2O3. The highest BCUT2D eigenvalue weighted by atomic mass is 16.5. The van der Waals surface area contributed by atoms with E-state index < -0.39 is 5.97 Å². The number of esters is 1. The Hall–Kier alpha value is -2.82. The first kappa shape index (κ1) is 18.5. The van der Waals surface area contributed by atoms with E-state index in [-0.39, 0.29) is 5.91 Å². The molecule has 0 aliphatic rings. The molecule has 5 heteroatoms. The van der Waals surface area contributed by atoms with Crippen molar-refractivity contribution in [3.63, 3.8) is 0 Å². The summed E-state index contributed by atoms with van der Waals surface area (Å²) < 4.78 is 4.65. The number of hydrogen-bond acceptors (Lipinski definition) is 4. The van der Waals surface area contributed by atoms with E-state index in [0.717, 1.165) is 12.2 Å². The van der Waals surface area contributed by atoms with Gasteiger partial charge < -0.3 is 15.0 Å². The number of nitrogens with zero attached hydrogens (tertiary/aromatic N) is 1. The molecule has 0 atom stereocenters. The molecule has 0 heterocycles. The van der Waals surface area contributed by atoms with E-state index in [1.54, 1.807) is 24.3 Å². The van der Waals surface area contributed by atoms with Gasteiger partial charge in [-0.2, -0.15) is 0 Å². The topological polar surface area (TPSA) is 58.6 Å². The van der Waals surface area contributed by atoms with Crippen LogP contribution >= 0.6 is 0 Å². The molecule has 0 aliphatic carbocycles. The van der Waals surface area contributed by atoms with Crippen LogP contribution in [0, 0.1) is 6.92 Å². The lowest BCUT2D eigenvalue weighted by Crippen LogP contribution is -2.27. The lowest BCUT2D eigenvalue weighted by Gasteiger charge is -2.23. The Balaban J connectivity index is 1.90. The maximum absolute atomic E-state index is 12.2. The molecule has 0 bridgehead atoms. The Labute approximate surface area is 148 Å². The molecule has 1 N–H and O–H groups in total. The SMILES string of the molecule is CCN(CCC(=O)Nc1ccc(C(=O)OC)cc1)c1cccc(C)c1. The Morgan fingerprint density at radius 1 is 1.12 bits per heavy atom. The Morgan fingerprint density at radius 3 is 2.44 bits per heavy atom. The molecule has 0 unspecified atom stereocenters. The van der Waals surface area contributed by atoms with Crippen molar-refractivity contribution in [2.24, 2.45) is 0 Å². The number of aryl methyl sites for hydroxylation is 1. The minimum atomic E-state index is -0.394. The number of anilines is 2. The summed E-state index contributed by atoms with van der Waals surface area (Å²) in [6.07, 6.45) is 0.389. The fraction of sp³-hybridized carbons (Fsp3) is 0.300. The van der Waals surface area contributed by atoms with Gasteiger partial charge in [-0.25, -0.2) is 4.79 Å². The van der Waals surface area contributed by atoms with Gasteiger partial charge >= 0.3 is 5.97 Å². The zero-order valence-electron chi connectivity index (χ0n) is 14.9. The van der Waals surface area contributed by atoms with Crippen LogP contribution in [0.5, 0.6) is 0 Å². The van der Waals surface area contributed by atoms with Crippen molar-refractivity contribution in [1.82, 2.24) is 0 Å². The van der Waals surface area contributed by atoms with Gasteiger partial charge in [0, 0.05) is 30.9 Å². The fourth-order valence-electron chi connectivity index (χ4n) is 2.56. The van der Waals surface area contributed by atoms with E-state index in [2.05, 4.69) is 47.0 Å². The molecule has 0 aliphatic heterocycles. The third-order valence-electron chi connectivity index (χ3n) is 3.95. The molecule has 132 valence electrons. The number of carbonyl (C=O) groups is 2. The van der Waals surface area contributed by atoms with E-state index in [1.807, 2.05) is 6.07 Å². The quantitative estimate of drug-likeness (QED) is 0.782. The highest BCUT2D eigenvalue weighted by Gasteiger charge is 2.09. The van der Waals surface area contributed by atoms with Crippen molar-refractivity contribution < 1.29 is 14.3 Å². The van der Waals surface area contributed by atoms with Gasteiger partial charge in [0.05, 0.1) is 12.7 Å². The van der Waals surface area contributed by atoms with Crippen LogP contribution in [0.1, 0.15) is 29.3 Å². The summed E-state index contributed by atoms with van der Waals surface area (Å²) in [5.41, 5.74) is 3.44. The maximum Gasteiger partial charge on any atom is 0.337 e. The monoisotopic (exact) mass is 340 g/mol. The molecule has 2 aromatic carbocycles. The number of amides is 1. The second kappa shape index (κ2) is 8.87. The van der Waals surface area contributed by atoms with Gasteiger partial charge in [0.2, 0.25) is 5.91 Å². The number of rotatable bonds is 7. The smallest absolute Gasteiger partial charge is 0.337 e. The third kappa shape index (κ3) is 5.35. The number of nitrogens with one attached hydrogen (secondary N) is 1. The molecule has 25 heavy (non-hydrogen) atoms. The van der Waals surface area contributed by atoms with E-state index in [0.29, 0.717) is 24.2 Å². The van der Waals surface area contributed by atoms with E-state index >= 15 is 0 Å². The van der Waals surface area contributed by atoms with Crippen molar-refractivity contribution in [2.45, 2.75) is 20.3 Å². The van der Waals surface area contributed by atoms with Crippen LogP contribution in [-0.2, 0) is 9.53 Å². The third-order valence-corrected chi connectivity index (χ3v) is 3.95. The number of benzene rings is 2. The highest BCUT2D eigenvalue weighted by Crippen LogP contribution is 2.16. The molecule has 2 aromatic rings. The summed E-state index contributed by atoms with van der Waals surface area (Å²) >= 11 is 0. The van der Waals surface area contributed by atoms with Crippen molar-refractivity contribution in [3.8, 4) is 0 Å². The Bertz CT molecular complexity index is 726. The van der Waals surface area contributed by atoms with Crippen LogP contribution in [0.25, 0.3) is 0 Å². The van der Waals surface area contributed by atoms with Gasteiger partial charge in [-0.1, -0.05) is 12.1 Å². The average molecular weight is 340 g/mol. The summed E-state index contributed by atoms with van der Waals surface area (Å²) in [4.78, 5) is 25.8. The highest BCUT2D eigenvalue weighted by molar-refractivity contribution is 5.93. The molecular weight excluding hydrogens is 316 g/mol. The van der Waals surface area contributed by atoms with Crippen LogP contribution in [0.2, 0.25) is 0 Å². The molecule has 2 rings (SSSR count). The minimum Gasteiger partial charge on any atom is -0.465 e. The summed E-state index contributed by atoms with van der Waals surface area (Å²) in [5, 5.41) is 2.85. The molecule has 0 spiro atoms. The second-order valence-corrected chi connectivity index (χ2v) is 5.79. The van der Waals surface area contributed by atoms with Gasteiger partial charge in [0.25, 0.3) is 0 Å². The molecule has 0 fully saturated rings. The first-order chi connectivity index (χ1) is 12.0. The van der Waals surface area contributed by atoms with Gasteiger partial charge in [0.15, 0.2) is 0 Å². The van der Waals surface area contributed by atoms with Crippen LogP contribution in [-0.4, -0.2) is 32.1 Å². The van der Waals surface area contributed by atoms with E-state index in [4.69, 9.17) is 0 Å². The van der Waals surface area contributed by atoms with E-state index in [9.17, 15) is 9.59 Å². The maximum atomic E-state index is 12.2. The molecule has 0 saturated heterocycles. The number of ether oxygens (including phenoxy) is 1. The predicted molar refractivity (Wildman–Crippen MR) is 100 cm³/mol. The van der Waals surface area contributed by atoms with Crippen LogP contribution in [0.15, 0.2) is 48.5 Å². The lowest BCUT2D eigenvalue weighted by molar-refractivity contribution is -0.116. The van der Waals surface area contributed by atoms with Crippen molar-refractivity contribution in [3.05, 3.63) is 59.7 Å². The number of carbonyl (C=O) groups excluding carboxylic acids is 2. The number of hydrogen-bond donors (Lipinski definition) is 1. The van der Waals surface area contributed by atoms with Crippen LogP contribution < -0.4 is 10.2 Å². The fourth-order valence-corrected chi connectivity index (χ4v) is 2.56. The molecule has 0 radical (unpaired) electrons. The van der Waals surface area contributed by atoms with Crippen molar-refractivity contribution in [1.29, 1.82) is 0 Å². The average Bonchev–Trinajstić information content (AvgIpc) is 2.62. The zero-order chi connectivity index (χ0) is 18.2. The summed E-state index contributed by atoms with van der Waals surface area (Å²) in [6, 6.07) is 14.9. The van der Waals surface area contributed by atoms with Gasteiger partial charge in [0.1, 0.15) is 0 Å². The van der Waals surface area contributed by atoms with Crippen molar-refractivity contribution in [2.75, 3.05) is 30.4 Å². The van der Waals surface area contributed by atoms with E-state index in [1.165, 1.54) is 12.7 Å². The number of methoxy groups -OCH3 is 1. The first-order valence-electron chi connectivity index (χ1n) is 8.33. The molecule has 1 amide bonds.